The fourth-order valence-corrected chi connectivity index (χ4v) is 3.63. The van der Waals surface area contributed by atoms with Gasteiger partial charge in [-0.05, 0) is 37.1 Å². The number of rotatable bonds is 4. The van der Waals surface area contributed by atoms with E-state index in [0.29, 0.717) is 11.6 Å². The highest BCUT2D eigenvalue weighted by molar-refractivity contribution is 9.10. The lowest BCUT2D eigenvalue weighted by Crippen LogP contribution is -2.15. The molecule has 2 rings (SSSR count). The molecule has 0 saturated carbocycles. The van der Waals surface area contributed by atoms with Gasteiger partial charge in [-0.2, -0.15) is 0 Å². The number of nitrogens with zero attached hydrogens (tertiary/aromatic N) is 2. The summed E-state index contributed by atoms with van der Waals surface area (Å²) < 4.78 is 28.2. The lowest BCUT2D eigenvalue weighted by molar-refractivity contribution is 0.600. The van der Waals surface area contributed by atoms with Crippen LogP contribution in [0.5, 0.6) is 0 Å². The minimum atomic E-state index is -3.71. The van der Waals surface area contributed by atoms with Gasteiger partial charge in [0, 0.05) is 11.5 Å². The molecule has 6 nitrogen and oxygen atoms in total. The van der Waals surface area contributed by atoms with Crippen molar-refractivity contribution in [2.75, 3.05) is 17.1 Å². The highest BCUT2D eigenvalue weighted by atomic mass is 79.9. The van der Waals surface area contributed by atoms with Crippen LogP contribution in [-0.2, 0) is 10.0 Å². The van der Waals surface area contributed by atoms with Crippen LogP contribution in [-0.4, -0.2) is 25.4 Å². The van der Waals surface area contributed by atoms with Crippen molar-refractivity contribution >= 4 is 37.6 Å². The Morgan fingerprint density at radius 1 is 1.10 bits per heavy atom. The Morgan fingerprint density at radius 3 is 2.10 bits per heavy atom. The molecular weight excluding hydrogens is 356 g/mol. The van der Waals surface area contributed by atoms with Crippen molar-refractivity contribution in [2.24, 2.45) is 0 Å². The molecule has 112 valence electrons. The first-order valence-electron chi connectivity index (χ1n) is 6.13. The fraction of sp³-hybridized carbons (Fsp3) is 0.231. The first-order chi connectivity index (χ1) is 9.83. The summed E-state index contributed by atoms with van der Waals surface area (Å²) in [5, 5.41) is 2.74. The van der Waals surface area contributed by atoms with Gasteiger partial charge in [0.2, 0.25) is 5.95 Å². The van der Waals surface area contributed by atoms with Crippen molar-refractivity contribution in [1.82, 2.24) is 9.97 Å². The smallest absolute Gasteiger partial charge is 0.264 e. The second kappa shape index (κ2) is 5.98. The molecule has 0 amide bonds. The van der Waals surface area contributed by atoms with Crippen molar-refractivity contribution in [2.45, 2.75) is 18.7 Å². The summed E-state index contributed by atoms with van der Waals surface area (Å²) >= 11 is 3.38. The number of halogens is 1. The average molecular weight is 371 g/mol. The maximum atomic E-state index is 12.4. The van der Waals surface area contributed by atoms with E-state index >= 15 is 0 Å². The van der Waals surface area contributed by atoms with E-state index in [1.807, 2.05) is 26.0 Å². The highest BCUT2D eigenvalue weighted by Gasteiger charge is 2.18. The molecule has 21 heavy (non-hydrogen) atoms. The minimum absolute atomic E-state index is 0.0169. The Hall–Kier alpha value is -1.67. The molecule has 0 saturated heterocycles. The zero-order valence-corrected chi connectivity index (χ0v) is 14.2. The monoisotopic (exact) mass is 370 g/mol. The predicted octanol–water partition coefficient (Wildman–Crippen LogP) is 2.70. The van der Waals surface area contributed by atoms with E-state index in [2.05, 4.69) is 35.9 Å². The third-order valence-electron chi connectivity index (χ3n) is 2.90. The van der Waals surface area contributed by atoms with Gasteiger partial charge in [0.15, 0.2) is 0 Å². The standard InChI is InChI=1S/C13H15BrN4O2S/c1-8-4-10(14)5-9(2)12(8)18-21(19,20)11-6-16-13(15-3)17-7-11/h4-7,18H,1-3H3,(H,15,16,17). The number of hydrogen-bond acceptors (Lipinski definition) is 5. The molecule has 0 bridgehead atoms. The van der Waals surface area contributed by atoms with Crippen molar-refractivity contribution in [3.05, 3.63) is 40.1 Å². The van der Waals surface area contributed by atoms with E-state index in [-0.39, 0.29) is 4.90 Å². The van der Waals surface area contributed by atoms with E-state index in [9.17, 15) is 8.42 Å². The second-order valence-electron chi connectivity index (χ2n) is 4.51. The van der Waals surface area contributed by atoms with E-state index in [4.69, 9.17) is 0 Å². The summed E-state index contributed by atoms with van der Waals surface area (Å²) in [5.74, 6) is 0.366. The number of sulfonamides is 1. The van der Waals surface area contributed by atoms with Gasteiger partial charge in [-0.1, -0.05) is 15.9 Å². The Kier molecular flexibility index (Phi) is 4.48. The Morgan fingerprint density at radius 2 is 1.62 bits per heavy atom. The summed E-state index contributed by atoms with van der Waals surface area (Å²) in [7, 11) is -2.05. The molecular formula is C13H15BrN4O2S. The Balaban J connectivity index is 2.37. The van der Waals surface area contributed by atoms with Gasteiger partial charge < -0.3 is 5.32 Å². The second-order valence-corrected chi connectivity index (χ2v) is 7.11. The van der Waals surface area contributed by atoms with Gasteiger partial charge in [-0.15, -0.1) is 0 Å². The molecule has 0 unspecified atom stereocenters. The van der Waals surface area contributed by atoms with Gasteiger partial charge >= 0.3 is 0 Å². The van der Waals surface area contributed by atoms with Gasteiger partial charge in [0.1, 0.15) is 4.90 Å². The zero-order valence-electron chi connectivity index (χ0n) is 11.8. The molecule has 0 atom stereocenters. The fourth-order valence-electron chi connectivity index (χ4n) is 1.85. The normalized spacial score (nSPS) is 11.2. The number of anilines is 2. The summed E-state index contributed by atoms with van der Waals surface area (Å²) in [6.07, 6.45) is 2.54. The maximum Gasteiger partial charge on any atom is 0.264 e. The molecule has 0 radical (unpaired) electrons. The molecule has 0 spiro atoms. The van der Waals surface area contributed by atoms with Crippen LogP contribution in [0, 0.1) is 13.8 Å². The molecule has 0 aliphatic heterocycles. The van der Waals surface area contributed by atoms with Gasteiger partial charge in [-0.3, -0.25) is 4.72 Å². The largest absolute Gasteiger partial charge is 0.357 e. The maximum absolute atomic E-state index is 12.4. The third-order valence-corrected chi connectivity index (χ3v) is 4.66. The molecule has 1 aromatic carbocycles. The highest BCUT2D eigenvalue weighted by Crippen LogP contribution is 2.27. The number of aromatic nitrogens is 2. The summed E-state index contributed by atoms with van der Waals surface area (Å²) in [4.78, 5) is 7.85. The Bertz CT molecular complexity index is 737. The minimum Gasteiger partial charge on any atom is -0.357 e. The van der Waals surface area contributed by atoms with Crippen LogP contribution in [0.2, 0.25) is 0 Å². The van der Waals surface area contributed by atoms with Crippen molar-refractivity contribution in [3.8, 4) is 0 Å². The Labute approximate surface area is 132 Å². The van der Waals surface area contributed by atoms with Gasteiger partial charge in [0.05, 0.1) is 18.1 Å². The van der Waals surface area contributed by atoms with Crippen LogP contribution >= 0.6 is 15.9 Å². The van der Waals surface area contributed by atoms with Crippen molar-refractivity contribution in [1.29, 1.82) is 0 Å². The lowest BCUT2D eigenvalue weighted by atomic mass is 10.1. The number of nitrogens with one attached hydrogen (secondary N) is 2. The molecule has 1 aromatic heterocycles. The molecule has 2 N–H and O–H groups in total. The number of hydrogen-bond donors (Lipinski definition) is 2. The molecule has 2 aromatic rings. The quantitative estimate of drug-likeness (QED) is 0.864. The lowest BCUT2D eigenvalue weighted by Gasteiger charge is -2.13. The topological polar surface area (TPSA) is 84.0 Å². The third kappa shape index (κ3) is 3.51. The van der Waals surface area contributed by atoms with Gasteiger partial charge in [0.25, 0.3) is 10.0 Å². The van der Waals surface area contributed by atoms with Crippen LogP contribution < -0.4 is 10.0 Å². The van der Waals surface area contributed by atoms with Crippen LogP contribution in [0.15, 0.2) is 33.9 Å². The average Bonchev–Trinajstić information content (AvgIpc) is 2.43. The van der Waals surface area contributed by atoms with Gasteiger partial charge in [-0.25, -0.2) is 18.4 Å². The van der Waals surface area contributed by atoms with Crippen LogP contribution in [0.4, 0.5) is 11.6 Å². The zero-order chi connectivity index (χ0) is 15.6. The predicted molar refractivity (Wildman–Crippen MR) is 86.0 cm³/mol. The van der Waals surface area contributed by atoms with E-state index in [1.165, 1.54) is 12.4 Å². The summed E-state index contributed by atoms with van der Waals surface area (Å²) in [5.41, 5.74) is 2.23. The molecule has 1 heterocycles. The summed E-state index contributed by atoms with van der Waals surface area (Å²) in [6.45, 7) is 3.69. The van der Waals surface area contributed by atoms with E-state index in [1.54, 1.807) is 7.05 Å². The number of benzene rings is 1. The molecule has 0 aliphatic rings. The summed E-state index contributed by atoms with van der Waals surface area (Å²) in [6, 6.07) is 3.71. The van der Waals surface area contributed by atoms with E-state index in [0.717, 1.165) is 15.6 Å². The van der Waals surface area contributed by atoms with Crippen molar-refractivity contribution in [3.63, 3.8) is 0 Å². The molecule has 0 fully saturated rings. The first kappa shape index (κ1) is 15.7. The molecule has 8 heteroatoms. The van der Waals surface area contributed by atoms with Crippen LogP contribution in [0.3, 0.4) is 0 Å². The van der Waals surface area contributed by atoms with E-state index < -0.39 is 10.0 Å². The van der Waals surface area contributed by atoms with Crippen molar-refractivity contribution < 1.29 is 8.42 Å². The first-order valence-corrected chi connectivity index (χ1v) is 8.40. The van der Waals surface area contributed by atoms with Crippen LogP contribution in [0.25, 0.3) is 0 Å². The molecule has 0 aliphatic carbocycles. The SMILES string of the molecule is CNc1ncc(S(=O)(=O)Nc2c(C)cc(Br)cc2C)cn1. The van der Waals surface area contributed by atoms with Crippen LogP contribution in [0.1, 0.15) is 11.1 Å². The number of aryl methyl sites for hydroxylation is 2.